The second-order valence-electron chi connectivity index (χ2n) is 4.75. The fourth-order valence-electron chi connectivity index (χ4n) is 2.60. The minimum atomic E-state index is 0.685. The van der Waals surface area contributed by atoms with E-state index in [0.29, 0.717) is 11.5 Å². The predicted molar refractivity (Wildman–Crippen MR) is 91.1 cm³/mol. The first-order valence-electron chi connectivity index (χ1n) is 6.76. The van der Waals surface area contributed by atoms with Gasteiger partial charge in [-0.3, -0.25) is 0 Å². The summed E-state index contributed by atoms with van der Waals surface area (Å²) in [6.45, 7) is 0. The molecule has 4 nitrogen and oxygen atoms in total. The Hall–Kier alpha value is -2.14. The fraction of sp³-hybridized carbons (Fsp3) is 0.176. The van der Waals surface area contributed by atoms with Crippen molar-refractivity contribution in [3.05, 3.63) is 40.9 Å². The van der Waals surface area contributed by atoms with Gasteiger partial charge < -0.3 is 19.2 Å². The maximum atomic E-state index is 5.65. The highest BCUT2D eigenvalue weighted by Crippen LogP contribution is 2.48. The van der Waals surface area contributed by atoms with Crippen molar-refractivity contribution in [3.8, 4) is 28.5 Å². The van der Waals surface area contributed by atoms with E-state index in [9.17, 15) is 0 Å². The van der Waals surface area contributed by atoms with Crippen LogP contribution in [0.5, 0.6) is 17.2 Å². The van der Waals surface area contributed by atoms with Crippen LogP contribution in [0, 0.1) is 0 Å². The van der Waals surface area contributed by atoms with Crippen LogP contribution in [0.3, 0.4) is 0 Å². The molecular weight excluding hydrogens is 346 g/mol. The van der Waals surface area contributed by atoms with Crippen LogP contribution in [0.2, 0.25) is 0 Å². The van der Waals surface area contributed by atoms with Crippen molar-refractivity contribution in [2.24, 2.45) is 0 Å². The molecule has 0 aliphatic carbocycles. The zero-order valence-corrected chi connectivity index (χ0v) is 14.2. The van der Waals surface area contributed by atoms with Gasteiger partial charge >= 0.3 is 0 Å². The van der Waals surface area contributed by atoms with Gasteiger partial charge in [0.05, 0.1) is 37.9 Å². The van der Waals surface area contributed by atoms with Crippen molar-refractivity contribution in [2.45, 2.75) is 0 Å². The third-order valence-corrected chi connectivity index (χ3v) is 4.34. The number of ether oxygens (including phenoxy) is 3. The maximum absolute atomic E-state index is 5.65. The number of nitrogens with one attached hydrogen (secondary N) is 1. The summed E-state index contributed by atoms with van der Waals surface area (Å²) in [5, 5.41) is 0.886. The fourth-order valence-corrected chi connectivity index (χ4v) is 3.24. The number of benzene rings is 2. The molecule has 0 spiro atoms. The van der Waals surface area contributed by atoms with Crippen molar-refractivity contribution < 1.29 is 14.2 Å². The van der Waals surface area contributed by atoms with Gasteiger partial charge in [0.25, 0.3) is 0 Å². The Morgan fingerprint density at radius 1 is 0.909 bits per heavy atom. The van der Waals surface area contributed by atoms with Crippen molar-refractivity contribution in [1.29, 1.82) is 0 Å². The van der Waals surface area contributed by atoms with Gasteiger partial charge in [-0.15, -0.1) is 0 Å². The smallest absolute Gasteiger partial charge is 0.156 e. The summed E-state index contributed by atoms with van der Waals surface area (Å²) in [5.41, 5.74) is 2.86. The molecule has 0 radical (unpaired) electrons. The molecule has 5 heteroatoms. The first-order chi connectivity index (χ1) is 10.7. The normalized spacial score (nSPS) is 10.7. The van der Waals surface area contributed by atoms with Crippen molar-refractivity contribution in [1.82, 2.24) is 4.98 Å². The third-order valence-electron chi connectivity index (χ3n) is 3.59. The molecule has 0 fully saturated rings. The minimum absolute atomic E-state index is 0.685. The molecule has 0 saturated heterocycles. The van der Waals surface area contributed by atoms with Gasteiger partial charge in [0.2, 0.25) is 0 Å². The number of rotatable bonds is 4. The molecule has 1 aromatic heterocycles. The molecule has 0 saturated carbocycles. The molecule has 22 heavy (non-hydrogen) atoms. The molecule has 0 aliphatic heterocycles. The number of H-pyrrole nitrogens is 1. The Balaban J connectivity index is 2.38. The predicted octanol–water partition coefficient (Wildman–Crippen LogP) is 4.62. The first-order valence-corrected chi connectivity index (χ1v) is 7.56. The SMILES string of the molecule is COc1cc2[nH]c(-c3ccccc3)c(OC)c2c(OC)c1Br. The lowest BCUT2D eigenvalue weighted by atomic mass is 10.1. The number of fused-ring (bicyclic) bond motifs is 1. The first kappa shape index (κ1) is 14.8. The Morgan fingerprint density at radius 2 is 1.59 bits per heavy atom. The van der Waals surface area contributed by atoms with E-state index >= 15 is 0 Å². The van der Waals surface area contributed by atoms with Crippen LogP contribution in [-0.2, 0) is 0 Å². The Kier molecular flexibility index (Phi) is 3.98. The molecular formula is C17H16BrNO3. The van der Waals surface area contributed by atoms with Gasteiger partial charge in [-0.1, -0.05) is 30.3 Å². The van der Waals surface area contributed by atoms with Gasteiger partial charge in [0.1, 0.15) is 16.0 Å². The Labute approximate surface area is 137 Å². The highest BCUT2D eigenvalue weighted by molar-refractivity contribution is 9.10. The molecule has 114 valence electrons. The molecule has 2 aromatic carbocycles. The molecule has 1 heterocycles. The van der Waals surface area contributed by atoms with Gasteiger partial charge in [0.15, 0.2) is 5.75 Å². The number of aromatic amines is 1. The zero-order valence-electron chi connectivity index (χ0n) is 12.6. The van der Waals surface area contributed by atoms with Gasteiger partial charge in [-0.25, -0.2) is 0 Å². The maximum Gasteiger partial charge on any atom is 0.156 e. The summed E-state index contributed by atoms with van der Waals surface area (Å²) in [6.07, 6.45) is 0. The van der Waals surface area contributed by atoms with E-state index in [-0.39, 0.29) is 0 Å². The van der Waals surface area contributed by atoms with Crippen LogP contribution in [-0.4, -0.2) is 26.3 Å². The van der Waals surface area contributed by atoms with Crippen molar-refractivity contribution in [3.63, 3.8) is 0 Å². The van der Waals surface area contributed by atoms with Gasteiger partial charge in [0, 0.05) is 11.6 Å². The lowest BCUT2D eigenvalue weighted by molar-refractivity contribution is 0.389. The topological polar surface area (TPSA) is 43.5 Å². The van der Waals surface area contributed by atoms with E-state index in [1.807, 2.05) is 36.4 Å². The number of aromatic nitrogens is 1. The summed E-state index contributed by atoms with van der Waals surface area (Å²) in [5.74, 6) is 2.14. The monoisotopic (exact) mass is 361 g/mol. The second-order valence-corrected chi connectivity index (χ2v) is 5.54. The molecule has 1 N–H and O–H groups in total. The third kappa shape index (κ3) is 2.22. The zero-order chi connectivity index (χ0) is 15.7. The molecule has 0 aliphatic rings. The standard InChI is InChI=1S/C17H16BrNO3/c1-20-12-9-11-13(16(21-2)14(12)18)17(22-3)15(19-11)10-7-5-4-6-8-10/h4-9,19H,1-3H3. The molecule has 0 amide bonds. The molecule has 3 rings (SSSR count). The highest BCUT2D eigenvalue weighted by Gasteiger charge is 2.22. The van der Waals surface area contributed by atoms with Crippen LogP contribution in [0.1, 0.15) is 0 Å². The van der Waals surface area contributed by atoms with E-state index in [1.54, 1.807) is 21.3 Å². The lowest BCUT2D eigenvalue weighted by Crippen LogP contribution is -1.92. The van der Waals surface area contributed by atoms with E-state index < -0.39 is 0 Å². The summed E-state index contributed by atoms with van der Waals surface area (Å²) < 4.78 is 17.4. The molecule has 0 unspecified atom stereocenters. The van der Waals surface area contributed by atoms with E-state index in [1.165, 1.54) is 0 Å². The second kappa shape index (κ2) is 5.93. The lowest BCUT2D eigenvalue weighted by Gasteiger charge is -2.11. The number of halogens is 1. The number of hydrogen-bond acceptors (Lipinski definition) is 3. The average Bonchev–Trinajstić information content (AvgIpc) is 2.93. The van der Waals surface area contributed by atoms with Crippen LogP contribution < -0.4 is 14.2 Å². The summed E-state index contributed by atoms with van der Waals surface area (Å²) in [4.78, 5) is 3.40. The highest BCUT2D eigenvalue weighted by atomic mass is 79.9. The molecule has 0 bridgehead atoms. The van der Waals surface area contributed by atoms with Crippen LogP contribution >= 0.6 is 15.9 Å². The van der Waals surface area contributed by atoms with Crippen LogP contribution in [0.4, 0.5) is 0 Å². The van der Waals surface area contributed by atoms with Gasteiger partial charge in [-0.05, 0) is 15.9 Å². The average molecular weight is 362 g/mol. The molecule has 3 aromatic rings. The van der Waals surface area contributed by atoms with Crippen molar-refractivity contribution >= 4 is 26.8 Å². The van der Waals surface area contributed by atoms with E-state index in [0.717, 1.165) is 32.4 Å². The van der Waals surface area contributed by atoms with Gasteiger partial charge in [-0.2, -0.15) is 0 Å². The van der Waals surface area contributed by atoms with Crippen LogP contribution in [0.25, 0.3) is 22.2 Å². The molecule has 0 atom stereocenters. The number of hydrogen-bond donors (Lipinski definition) is 1. The number of methoxy groups -OCH3 is 3. The van der Waals surface area contributed by atoms with Crippen molar-refractivity contribution in [2.75, 3.05) is 21.3 Å². The summed E-state index contributed by atoms with van der Waals surface area (Å²) in [6, 6.07) is 12.0. The summed E-state index contributed by atoms with van der Waals surface area (Å²) in [7, 11) is 4.92. The Morgan fingerprint density at radius 3 is 2.18 bits per heavy atom. The largest absolute Gasteiger partial charge is 0.495 e. The quantitative estimate of drug-likeness (QED) is 0.736. The van der Waals surface area contributed by atoms with E-state index in [2.05, 4.69) is 20.9 Å². The minimum Gasteiger partial charge on any atom is -0.495 e. The van der Waals surface area contributed by atoms with E-state index in [4.69, 9.17) is 14.2 Å². The Bertz CT molecular complexity index is 812. The van der Waals surface area contributed by atoms with Crippen LogP contribution in [0.15, 0.2) is 40.9 Å². The summed E-state index contributed by atoms with van der Waals surface area (Å²) >= 11 is 3.53.